The van der Waals surface area contributed by atoms with Gasteiger partial charge in [0.1, 0.15) is 0 Å². The molecule has 1 amide bonds. The summed E-state index contributed by atoms with van der Waals surface area (Å²) in [4.78, 5) is 16.4. The molecule has 0 bridgehead atoms. The average molecular weight is 355 g/mol. The Morgan fingerprint density at radius 2 is 2.14 bits per heavy atom. The molecule has 1 aliphatic heterocycles. The van der Waals surface area contributed by atoms with Crippen LogP contribution < -0.4 is 11.3 Å². The Hall–Kier alpha value is -0.950. The van der Waals surface area contributed by atoms with Gasteiger partial charge >= 0.3 is 0 Å². The van der Waals surface area contributed by atoms with Crippen molar-refractivity contribution in [3.05, 3.63) is 33.8 Å². The van der Waals surface area contributed by atoms with Gasteiger partial charge in [-0.1, -0.05) is 22.0 Å². The molecule has 6 heteroatoms. The Bertz CT molecular complexity index is 532. The molecule has 0 aromatic heterocycles. The van der Waals surface area contributed by atoms with Crippen molar-refractivity contribution in [2.24, 2.45) is 5.84 Å². The predicted octanol–water partition coefficient (Wildman–Crippen LogP) is 1.58. The lowest BCUT2D eigenvalue weighted by Gasteiger charge is -2.45. The first kappa shape index (κ1) is 16.4. The van der Waals surface area contributed by atoms with Gasteiger partial charge in [-0.05, 0) is 38.6 Å². The van der Waals surface area contributed by atoms with Crippen molar-refractivity contribution in [1.29, 1.82) is 0 Å². The summed E-state index contributed by atoms with van der Waals surface area (Å²) in [5.41, 5.74) is 4.08. The number of nitrogens with two attached hydrogens (primary N) is 1. The van der Waals surface area contributed by atoms with Crippen molar-refractivity contribution >= 4 is 21.8 Å². The van der Waals surface area contributed by atoms with Crippen molar-refractivity contribution in [3.8, 4) is 0 Å². The van der Waals surface area contributed by atoms with Crippen molar-refractivity contribution in [3.63, 3.8) is 0 Å². The summed E-state index contributed by atoms with van der Waals surface area (Å²) in [6.45, 7) is 8.56. The Labute approximate surface area is 134 Å². The van der Waals surface area contributed by atoms with Crippen LogP contribution >= 0.6 is 15.9 Å². The molecule has 1 heterocycles. The van der Waals surface area contributed by atoms with E-state index in [1.165, 1.54) is 5.56 Å². The number of hydrogen-bond donors (Lipinski definition) is 2. The third-order valence-corrected chi connectivity index (χ3v) is 4.97. The zero-order valence-corrected chi connectivity index (χ0v) is 14.4. The number of halogens is 1. The molecule has 21 heavy (non-hydrogen) atoms. The molecule has 1 saturated heterocycles. The maximum atomic E-state index is 11.5. The summed E-state index contributed by atoms with van der Waals surface area (Å²) < 4.78 is 0.945. The van der Waals surface area contributed by atoms with Gasteiger partial charge in [-0.25, -0.2) is 5.84 Å². The lowest BCUT2D eigenvalue weighted by Crippen LogP contribution is -2.57. The van der Waals surface area contributed by atoms with Gasteiger partial charge in [0.2, 0.25) is 0 Å². The first-order valence-corrected chi connectivity index (χ1v) is 7.86. The number of nitrogens with zero attached hydrogens (tertiary/aromatic N) is 2. The minimum Gasteiger partial charge on any atom is -0.299 e. The van der Waals surface area contributed by atoms with E-state index in [0.29, 0.717) is 5.56 Å². The maximum Gasteiger partial charge on any atom is 0.265 e. The molecular formula is C15H23BrN4O. The number of rotatable bonds is 3. The Morgan fingerprint density at radius 3 is 2.71 bits per heavy atom. The van der Waals surface area contributed by atoms with E-state index in [2.05, 4.69) is 52.1 Å². The van der Waals surface area contributed by atoms with Crippen LogP contribution in [0, 0.1) is 0 Å². The topological polar surface area (TPSA) is 61.6 Å². The fourth-order valence-corrected chi connectivity index (χ4v) is 3.12. The quantitative estimate of drug-likeness (QED) is 0.491. The molecule has 0 spiro atoms. The van der Waals surface area contributed by atoms with E-state index in [9.17, 15) is 4.79 Å². The highest BCUT2D eigenvalue weighted by molar-refractivity contribution is 9.10. The molecule has 1 aromatic rings. The van der Waals surface area contributed by atoms with Gasteiger partial charge in [-0.15, -0.1) is 0 Å². The van der Waals surface area contributed by atoms with Crippen LogP contribution in [0.15, 0.2) is 22.7 Å². The van der Waals surface area contributed by atoms with E-state index >= 15 is 0 Å². The standard InChI is InChI=1S/C15H23BrN4O/c1-15(2)10-20(7-6-19(15)3)9-12-5-4-11(8-13(12)16)14(21)18-17/h4-5,8H,6-7,9-10,17H2,1-3H3,(H,18,21). The molecule has 2 rings (SSSR count). The minimum atomic E-state index is -0.275. The fourth-order valence-electron chi connectivity index (χ4n) is 2.62. The van der Waals surface area contributed by atoms with Crippen LogP contribution in [-0.4, -0.2) is 47.9 Å². The molecule has 1 fully saturated rings. The van der Waals surface area contributed by atoms with E-state index < -0.39 is 0 Å². The normalized spacial score (nSPS) is 19.5. The number of amides is 1. The highest BCUT2D eigenvalue weighted by atomic mass is 79.9. The van der Waals surface area contributed by atoms with E-state index in [4.69, 9.17) is 5.84 Å². The van der Waals surface area contributed by atoms with Crippen LogP contribution in [0.5, 0.6) is 0 Å². The highest BCUT2D eigenvalue weighted by Crippen LogP contribution is 2.24. The molecule has 0 radical (unpaired) electrons. The number of hydrazine groups is 1. The third kappa shape index (κ3) is 3.83. The Balaban J connectivity index is 2.08. The number of benzene rings is 1. The smallest absolute Gasteiger partial charge is 0.265 e. The Morgan fingerprint density at radius 1 is 1.43 bits per heavy atom. The van der Waals surface area contributed by atoms with Gasteiger partial charge in [0.25, 0.3) is 5.91 Å². The molecule has 1 aromatic carbocycles. The summed E-state index contributed by atoms with van der Waals surface area (Å²) in [5.74, 6) is 4.88. The maximum absolute atomic E-state index is 11.5. The monoisotopic (exact) mass is 354 g/mol. The van der Waals surface area contributed by atoms with Gasteiger partial charge in [0.15, 0.2) is 0 Å². The van der Waals surface area contributed by atoms with Gasteiger partial charge in [-0.3, -0.25) is 20.0 Å². The largest absolute Gasteiger partial charge is 0.299 e. The average Bonchev–Trinajstić information content (AvgIpc) is 2.44. The minimum absolute atomic E-state index is 0.185. The number of piperazine rings is 1. The second-order valence-corrected chi connectivity index (χ2v) is 7.08. The summed E-state index contributed by atoms with van der Waals surface area (Å²) in [5, 5.41) is 0. The number of nitrogens with one attached hydrogen (secondary N) is 1. The molecule has 0 saturated carbocycles. The molecule has 0 aliphatic carbocycles. The number of carbonyl (C=O) groups excluding carboxylic acids is 1. The lowest BCUT2D eigenvalue weighted by molar-refractivity contribution is 0.0359. The summed E-state index contributed by atoms with van der Waals surface area (Å²) in [7, 11) is 2.17. The van der Waals surface area contributed by atoms with Gasteiger partial charge in [0.05, 0.1) is 0 Å². The zero-order valence-electron chi connectivity index (χ0n) is 12.8. The second kappa shape index (κ2) is 6.44. The number of carbonyl (C=O) groups is 1. The van der Waals surface area contributed by atoms with Gasteiger partial charge < -0.3 is 0 Å². The van der Waals surface area contributed by atoms with Crippen LogP contribution in [0.3, 0.4) is 0 Å². The first-order chi connectivity index (χ1) is 9.83. The third-order valence-electron chi connectivity index (χ3n) is 4.24. The summed E-state index contributed by atoms with van der Waals surface area (Å²) >= 11 is 3.55. The lowest BCUT2D eigenvalue weighted by atomic mass is 9.99. The predicted molar refractivity (Wildman–Crippen MR) is 87.8 cm³/mol. The zero-order chi connectivity index (χ0) is 15.6. The van der Waals surface area contributed by atoms with Crippen molar-refractivity contribution < 1.29 is 4.79 Å². The van der Waals surface area contributed by atoms with Crippen molar-refractivity contribution in [1.82, 2.24) is 15.2 Å². The summed E-state index contributed by atoms with van der Waals surface area (Å²) in [6, 6.07) is 5.61. The van der Waals surface area contributed by atoms with Gasteiger partial charge in [-0.2, -0.15) is 0 Å². The van der Waals surface area contributed by atoms with E-state index in [-0.39, 0.29) is 11.4 Å². The van der Waals surface area contributed by atoms with E-state index in [0.717, 1.165) is 30.7 Å². The second-order valence-electron chi connectivity index (χ2n) is 6.22. The molecule has 5 nitrogen and oxygen atoms in total. The first-order valence-electron chi connectivity index (χ1n) is 7.06. The van der Waals surface area contributed by atoms with Crippen LogP contribution in [0.1, 0.15) is 29.8 Å². The van der Waals surface area contributed by atoms with Crippen LogP contribution in [-0.2, 0) is 6.54 Å². The van der Waals surface area contributed by atoms with E-state index in [1.54, 1.807) is 0 Å². The van der Waals surface area contributed by atoms with Crippen LogP contribution in [0.25, 0.3) is 0 Å². The highest BCUT2D eigenvalue weighted by Gasteiger charge is 2.30. The van der Waals surface area contributed by atoms with Crippen molar-refractivity contribution in [2.75, 3.05) is 26.7 Å². The number of nitrogen functional groups attached to an aromatic ring is 1. The summed E-state index contributed by atoms with van der Waals surface area (Å²) in [6.07, 6.45) is 0. The Kier molecular flexibility index (Phi) is 5.03. The van der Waals surface area contributed by atoms with E-state index in [1.807, 2.05) is 18.2 Å². The fraction of sp³-hybridized carbons (Fsp3) is 0.533. The molecule has 0 atom stereocenters. The number of likely N-dealkylation sites (N-methyl/N-ethyl adjacent to an activating group) is 1. The van der Waals surface area contributed by atoms with Crippen LogP contribution in [0.4, 0.5) is 0 Å². The molecule has 1 aliphatic rings. The van der Waals surface area contributed by atoms with Gasteiger partial charge in [0, 0.05) is 41.8 Å². The molecule has 0 unspecified atom stereocenters. The SMILES string of the molecule is CN1CCN(Cc2ccc(C(=O)NN)cc2Br)CC1(C)C. The molecule has 116 valence electrons. The number of hydrogen-bond acceptors (Lipinski definition) is 4. The van der Waals surface area contributed by atoms with Crippen molar-refractivity contribution in [2.45, 2.75) is 25.9 Å². The molecule has 3 N–H and O–H groups in total. The molecular weight excluding hydrogens is 332 g/mol. The van der Waals surface area contributed by atoms with Crippen LogP contribution in [0.2, 0.25) is 0 Å².